The Morgan fingerprint density at radius 2 is 2.50 bits per heavy atom. The number of rotatable bonds is 2. The number of nitrogens with zero attached hydrogens (tertiary/aromatic N) is 3. The van der Waals surface area contributed by atoms with Gasteiger partial charge < -0.3 is 5.73 Å². The molecule has 0 amide bonds. The topological polar surface area (TPSA) is 55.0 Å². The largest absolute Gasteiger partial charge is 0.326 e. The molecule has 3 atom stereocenters. The van der Waals surface area contributed by atoms with Crippen molar-refractivity contribution in [2.45, 2.75) is 25.0 Å². The first-order valence-corrected chi connectivity index (χ1v) is 5.87. The van der Waals surface area contributed by atoms with Crippen LogP contribution < -0.4 is 5.73 Å². The maximum atomic E-state index is 5.98. The fourth-order valence-electron chi connectivity index (χ4n) is 2.43. The Balaban J connectivity index is 1.72. The normalized spacial score (nSPS) is 36.0. The minimum atomic E-state index is 0.375. The molecule has 0 aromatic carbocycles. The number of fused-ring (bicyclic) bond motifs is 1. The van der Waals surface area contributed by atoms with Crippen LogP contribution in [0.3, 0.4) is 0 Å². The summed E-state index contributed by atoms with van der Waals surface area (Å²) in [5.41, 5.74) is 6.88. The Bertz CT molecular complexity index is 355. The molecule has 1 aromatic heterocycles. The van der Waals surface area contributed by atoms with Gasteiger partial charge in [-0.3, -0.25) is 4.90 Å². The predicted octanol–water partition coefficient (Wildman–Crippen LogP) is 0.723. The lowest BCUT2D eigenvalue weighted by molar-refractivity contribution is 0.207. The van der Waals surface area contributed by atoms with E-state index in [0.717, 1.165) is 18.8 Å². The zero-order valence-corrected chi connectivity index (χ0v) is 9.13. The van der Waals surface area contributed by atoms with Crippen molar-refractivity contribution in [1.82, 2.24) is 14.5 Å². The Morgan fingerprint density at radius 3 is 3.00 bits per heavy atom. The summed E-state index contributed by atoms with van der Waals surface area (Å²) in [5, 5.41) is 4.01. The number of hydrogen-bond acceptors (Lipinski definition) is 5. The van der Waals surface area contributed by atoms with Gasteiger partial charge in [-0.2, -0.15) is 0 Å². The number of halogens is 1. The second-order valence-electron chi connectivity index (χ2n) is 4.06. The molecule has 4 nitrogen and oxygen atoms in total. The maximum absolute atomic E-state index is 5.98. The molecule has 3 fully saturated rings. The van der Waals surface area contributed by atoms with Gasteiger partial charge in [0.15, 0.2) is 0 Å². The van der Waals surface area contributed by atoms with E-state index in [1.165, 1.54) is 18.0 Å². The summed E-state index contributed by atoms with van der Waals surface area (Å²) in [6.07, 6.45) is 1.25. The summed E-state index contributed by atoms with van der Waals surface area (Å²) in [4.78, 5) is 2.37. The van der Waals surface area contributed by atoms with Crippen molar-refractivity contribution in [2.75, 3.05) is 6.54 Å². The maximum Gasteiger partial charge on any atom is 0.138 e. The average Bonchev–Trinajstić information content (AvgIpc) is 2.81. The number of nitrogens with two attached hydrogens (primary N) is 1. The molecule has 76 valence electrons. The van der Waals surface area contributed by atoms with Gasteiger partial charge in [-0.25, -0.2) is 0 Å². The van der Waals surface area contributed by atoms with Gasteiger partial charge in [-0.15, -0.1) is 5.10 Å². The second-order valence-corrected chi connectivity index (χ2v) is 5.42. The van der Waals surface area contributed by atoms with Crippen LogP contribution in [0.2, 0.25) is 4.34 Å². The van der Waals surface area contributed by atoms with Gasteiger partial charge in [-0.1, -0.05) is 16.1 Å². The van der Waals surface area contributed by atoms with E-state index in [-0.39, 0.29) is 0 Å². The molecule has 3 aliphatic rings. The van der Waals surface area contributed by atoms with E-state index in [9.17, 15) is 0 Å². The third-order valence-corrected chi connectivity index (χ3v) is 4.32. The molecule has 1 aliphatic carbocycles. The second kappa shape index (κ2) is 3.13. The van der Waals surface area contributed by atoms with Gasteiger partial charge in [0.2, 0.25) is 0 Å². The molecule has 4 rings (SSSR count). The van der Waals surface area contributed by atoms with Crippen LogP contribution in [0.15, 0.2) is 0 Å². The standard InChI is InChI=1S/C8H11ClN4S/c9-8-5(11-12-14-8)3-13-2-4-1-6(13)7(4)10/h4,6-7H,1-3,10H2. The van der Waals surface area contributed by atoms with Crippen LogP contribution in [0, 0.1) is 5.92 Å². The van der Waals surface area contributed by atoms with E-state index in [2.05, 4.69) is 14.5 Å². The van der Waals surface area contributed by atoms with E-state index in [1.807, 2.05) is 0 Å². The highest BCUT2D eigenvalue weighted by Crippen LogP contribution is 2.40. The molecule has 0 spiro atoms. The summed E-state index contributed by atoms with van der Waals surface area (Å²) < 4.78 is 4.53. The molecular formula is C8H11ClN4S. The summed E-state index contributed by atoms with van der Waals surface area (Å²) in [6.45, 7) is 1.91. The van der Waals surface area contributed by atoms with Crippen molar-refractivity contribution in [3.8, 4) is 0 Å². The van der Waals surface area contributed by atoms with Crippen molar-refractivity contribution in [2.24, 2.45) is 11.7 Å². The van der Waals surface area contributed by atoms with Gasteiger partial charge in [0.1, 0.15) is 10.0 Å². The van der Waals surface area contributed by atoms with Crippen molar-refractivity contribution in [1.29, 1.82) is 0 Å². The molecule has 1 saturated carbocycles. The van der Waals surface area contributed by atoms with Crippen molar-refractivity contribution >= 4 is 23.1 Å². The van der Waals surface area contributed by atoms with E-state index in [1.54, 1.807) is 0 Å². The first kappa shape index (κ1) is 9.03. The SMILES string of the molecule is NC1C2CC1N(Cc1nnsc1Cl)C2. The Kier molecular flexibility index (Phi) is 2.02. The molecule has 3 unspecified atom stereocenters. The first-order valence-electron chi connectivity index (χ1n) is 4.72. The van der Waals surface area contributed by atoms with Gasteiger partial charge >= 0.3 is 0 Å². The van der Waals surface area contributed by atoms with E-state index < -0.39 is 0 Å². The summed E-state index contributed by atoms with van der Waals surface area (Å²) in [7, 11) is 0. The lowest BCUT2D eigenvalue weighted by atomic mass is 9.81. The Labute approximate surface area is 91.2 Å². The quantitative estimate of drug-likeness (QED) is 0.814. The van der Waals surface area contributed by atoms with E-state index in [0.29, 0.717) is 22.3 Å². The van der Waals surface area contributed by atoms with Crippen LogP contribution in [0.5, 0.6) is 0 Å². The fraction of sp³-hybridized carbons (Fsp3) is 0.750. The Hall–Kier alpha value is -0.230. The highest BCUT2D eigenvalue weighted by atomic mass is 35.5. The molecule has 0 radical (unpaired) electrons. The smallest absolute Gasteiger partial charge is 0.138 e. The third-order valence-electron chi connectivity index (χ3n) is 3.33. The van der Waals surface area contributed by atoms with Crippen LogP contribution in [0.4, 0.5) is 0 Å². The molecule has 1 aromatic rings. The zero-order valence-electron chi connectivity index (χ0n) is 7.56. The van der Waals surface area contributed by atoms with Crippen LogP contribution >= 0.6 is 23.1 Å². The number of aromatic nitrogens is 2. The van der Waals surface area contributed by atoms with Crippen molar-refractivity contribution in [3.63, 3.8) is 0 Å². The molecule has 2 N–H and O–H groups in total. The monoisotopic (exact) mass is 230 g/mol. The number of hydrogen-bond donors (Lipinski definition) is 1. The van der Waals surface area contributed by atoms with E-state index in [4.69, 9.17) is 17.3 Å². The van der Waals surface area contributed by atoms with Gasteiger partial charge in [0.25, 0.3) is 0 Å². The fourth-order valence-corrected chi connectivity index (χ4v) is 3.05. The minimum absolute atomic E-state index is 0.375. The molecule has 2 bridgehead atoms. The lowest BCUT2D eigenvalue weighted by Gasteiger charge is -2.33. The average molecular weight is 231 g/mol. The summed E-state index contributed by atoms with van der Waals surface area (Å²) >= 11 is 7.20. The molecule has 2 aliphatic heterocycles. The minimum Gasteiger partial charge on any atom is -0.326 e. The zero-order chi connectivity index (χ0) is 9.71. The van der Waals surface area contributed by atoms with Crippen LogP contribution in [-0.2, 0) is 6.54 Å². The van der Waals surface area contributed by atoms with Crippen LogP contribution in [-0.4, -0.2) is 33.1 Å². The summed E-state index contributed by atoms with van der Waals surface area (Å²) in [5.74, 6) is 0.699. The molecule has 3 heterocycles. The van der Waals surface area contributed by atoms with Gasteiger partial charge in [0, 0.05) is 36.7 Å². The first-order chi connectivity index (χ1) is 6.75. The molecule has 6 heteroatoms. The molecule has 14 heavy (non-hydrogen) atoms. The lowest BCUT2D eigenvalue weighted by Crippen LogP contribution is -2.49. The van der Waals surface area contributed by atoms with Crippen LogP contribution in [0.1, 0.15) is 12.1 Å². The molecular weight excluding hydrogens is 220 g/mol. The van der Waals surface area contributed by atoms with Gasteiger partial charge in [-0.05, 0) is 12.3 Å². The highest BCUT2D eigenvalue weighted by Gasteiger charge is 2.49. The van der Waals surface area contributed by atoms with Crippen molar-refractivity contribution in [3.05, 3.63) is 10.0 Å². The Morgan fingerprint density at radius 1 is 1.64 bits per heavy atom. The van der Waals surface area contributed by atoms with Crippen LogP contribution in [0.25, 0.3) is 0 Å². The third kappa shape index (κ3) is 1.20. The van der Waals surface area contributed by atoms with Crippen molar-refractivity contribution < 1.29 is 0 Å². The molecule has 2 saturated heterocycles. The predicted molar refractivity (Wildman–Crippen MR) is 55.2 cm³/mol. The highest BCUT2D eigenvalue weighted by molar-refractivity contribution is 7.10. The van der Waals surface area contributed by atoms with E-state index >= 15 is 0 Å². The summed E-state index contributed by atoms with van der Waals surface area (Å²) in [6, 6.07) is 0.929. The van der Waals surface area contributed by atoms with Gasteiger partial charge in [0.05, 0.1) is 0 Å².